The molecule has 21 heavy (non-hydrogen) atoms. The number of nitrogens with zero attached hydrogens (tertiary/aromatic N) is 1. The fraction of sp³-hybridized carbons (Fsp3) is 1.00. The Labute approximate surface area is 138 Å². The quantitative estimate of drug-likeness (QED) is 0.265. The highest BCUT2D eigenvalue weighted by atomic mass is 35.5. The van der Waals surface area contributed by atoms with E-state index in [2.05, 4.69) is 11.8 Å². The molecule has 0 unspecified atom stereocenters. The Morgan fingerprint density at radius 3 is 1.81 bits per heavy atom. The maximum absolute atomic E-state index is 5.97. The van der Waals surface area contributed by atoms with Crippen molar-refractivity contribution in [1.82, 2.24) is 4.90 Å². The van der Waals surface area contributed by atoms with Crippen LogP contribution in [-0.2, 0) is 0 Å². The van der Waals surface area contributed by atoms with Crippen LogP contribution in [0.25, 0.3) is 0 Å². The number of alkyl halides is 1. The Bertz CT molecular complexity index is 214. The second kappa shape index (κ2) is 13.9. The SMILES string of the molecule is CCCCCCCCCCCCN(CCCl)C1CCCC1. The van der Waals surface area contributed by atoms with Crippen molar-refractivity contribution < 1.29 is 0 Å². The lowest BCUT2D eigenvalue weighted by Gasteiger charge is -2.28. The van der Waals surface area contributed by atoms with Crippen LogP contribution < -0.4 is 0 Å². The van der Waals surface area contributed by atoms with Gasteiger partial charge in [-0.2, -0.15) is 0 Å². The van der Waals surface area contributed by atoms with Crippen LogP contribution in [0.1, 0.15) is 96.8 Å². The van der Waals surface area contributed by atoms with Gasteiger partial charge in [0.1, 0.15) is 0 Å². The standard InChI is InChI=1S/C19H38ClN/c1-2-3-4-5-6-7-8-9-10-13-17-21(18-16-20)19-14-11-12-15-19/h19H,2-18H2,1H3. The predicted octanol–water partition coefficient (Wildman–Crippen LogP) is 6.39. The molecule has 1 rings (SSSR count). The summed E-state index contributed by atoms with van der Waals surface area (Å²) in [5.74, 6) is 0.800. The molecule has 1 aliphatic carbocycles. The monoisotopic (exact) mass is 315 g/mol. The van der Waals surface area contributed by atoms with E-state index < -0.39 is 0 Å². The van der Waals surface area contributed by atoms with Crippen molar-refractivity contribution in [2.45, 2.75) is 103 Å². The molecule has 0 radical (unpaired) electrons. The molecule has 1 saturated carbocycles. The number of halogens is 1. The van der Waals surface area contributed by atoms with Gasteiger partial charge in [-0.1, -0.05) is 77.6 Å². The topological polar surface area (TPSA) is 3.24 Å². The minimum absolute atomic E-state index is 0.800. The number of rotatable bonds is 14. The van der Waals surface area contributed by atoms with E-state index in [-0.39, 0.29) is 0 Å². The molecular weight excluding hydrogens is 278 g/mol. The van der Waals surface area contributed by atoms with Crippen LogP contribution in [0.5, 0.6) is 0 Å². The summed E-state index contributed by atoms with van der Waals surface area (Å²) >= 11 is 5.97. The summed E-state index contributed by atoms with van der Waals surface area (Å²) < 4.78 is 0. The van der Waals surface area contributed by atoms with Crippen LogP contribution in [0.3, 0.4) is 0 Å². The normalized spacial score (nSPS) is 16.1. The summed E-state index contributed by atoms with van der Waals surface area (Å²) in [4.78, 5) is 2.67. The smallest absolute Gasteiger partial charge is 0.0351 e. The van der Waals surface area contributed by atoms with Gasteiger partial charge in [-0.25, -0.2) is 0 Å². The van der Waals surface area contributed by atoms with E-state index in [9.17, 15) is 0 Å². The van der Waals surface area contributed by atoms with Crippen molar-refractivity contribution in [3.05, 3.63) is 0 Å². The van der Waals surface area contributed by atoms with Gasteiger partial charge in [-0.3, -0.25) is 4.90 Å². The van der Waals surface area contributed by atoms with Crippen molar-refractivity contribution in [1.29, 1.82) is 0 Å². The second-order valence-electron chi connectivity index (χ2n) is 6.85. The molecule has 126 valence electrons. The molecule has 0 heterocycles. The Morgan fingerprint density at radius 1 is 0.762 bits per heavy atom. The summed E-state index contributed by atoms with van der Waals surface area (Å²) in [7, 11) is 0. The molecule has 1 fully saturated rings. The summed E-state index contributed by atoms with van der Waals surface area (Å²) in [6.45, 7) is 4.68. The first-order chi connectivity index (χ1) is 10.4. The molecule has 0 amide bonds. The van der Waals surface area contributed by atoms with Crippen LogP contribution in [0.15, 0.2) is 0 Å². The van der Waals surface area contributed by atoms with Crippen LogP contribution in [0.2, 0.25) is 0 Å². The highest BCUT2D eigenvalue weighted by Gasteiger charge is 2.21. The molecular formula is C19H38ClN. The average molecular weight is 316 g/mol. The van der Waals surface area contributed by atoms with Gasteiger partial charge in [0.15, 0.2) is 0 Å². The van der Waals surface area contributed by atoms with E-state index in [1.807, 2.05) is 0 Å². The van der Waals surface area contributed by atoms with Gasteiger partial charge < -0.3 is 0 Å². The molecule has 0 aliphatic heterocycles. The lowest BCUT2D eigenvalue weighted by atomic mass is 10.1. The largest absolute Gasteiger partial charge is 0.299 e. The van der Waals surface area contributed by atoms with Crippen molar-refractivity contribution in [2.75, 3.05) is 19.0 Å². The first kappa shape index (κ1) is 19.3. The lowest BCUT2D eigenvalue weighted by molar-refractivity contribution is 0.205. The maximum atomic E-state index is 5.97. The molecule has 0 aromatic heterocycles. The highest BCUT2D eigenvalue weighted by Crippen LogP contribution is 2.24. The molecule has 1 aliphatic rings. The van der Waals surface area contributed by atoms with Gasteiger partial charge in [0, 0.05) is 18.5 Å². The fourth-order valence-corrected chi connectivity index (χ4v) is 3.87. The lowest BCUT2D eigenvalue weighted by Crippen LogP contribution is -2.35. The first-order valence-corrected chi connectivity index (χ1v) is 10.2. The van der Waals surface area contributed by atoms with Gasteiger partial charge in [0.25, 0.3) is 0 Å². The number of hydrogen-bond acceptors (Lipinski definition) is 1. The third kappa shape index (κ3) is 9.79. The van der Waals surface area contributed by atoms with Gasteiger partial charge in [0.05, 0.1) is 0 Å². The fourth-order valence-electron chi connectivity index (χ4n) is 3.66. The third-order valence-corrected chi connectivity index (χ3v) is 5.18. The minimum Gasteiger partial charge on any atom is -0.299 e. The zero-order valence-electron chi connectivity index (χ0n) is 14.4. The molecule has 0 aromatic rings. The summed E-state index contributed by atoms with van der Waals surface area (Å²) in [5.41, 5.74) is 0. The van der Waals surface area contributed by atoms with Gasteiger partial charge in [0.2, 0.25) is 0 Å². The van der Waals surface area contributed by atoms with E-state index in [4.69, 9.17) is 11.6 Å². The summed E-state index contributed by atoms with van der Waals surface area (Å²) in [6.07, 6.45) is 20.0. The van der Waals surface area contributed by atoms with E-state index >= 15 is 0 Å². The van der Waals surface area contributed by atoms with Crippen molar-refractivity contribution in [3.63, 3.8) is 0 Å². The van der Waals surface area contributed by atoms with E-state index in [1.54, 1.807) is 0 Å². The maximum Gasteiger partial charge on any atom is 0.0351 e. The Hall–Kier alpha value is 0.250. The van der Waals surface area contributed by atoms with E-state index in [1.165, 1.54) is 96.4 Å². The molecule has 0 bridgehead atoms. The van der Waals surface area contributed by atoms with Crippen molar-refractivity contribution >= 4 is 11.6 Å². The Balaban J connectivity index is 1.91. The molecule has 0 atom stereocenters. The van der Waals surface area contributed by atoms with Gasteiger partial charge in [-0.05, 0) is 25.8 Å². The Morgan fingerprint density at radius 2 is 1.29 bits per heavy atom. The minimum atomic E-state index is 0.800. The molecule has 0 aromatic carbocycles. The molecule has 0 spiro atoms. The van der Waals surface area contributed by atoms with Gasteiger partial charge in [-0.15, -0.1) is 11.6 Å². The second-order valence-corrected chi connectivity index (χ2v) is 7.22. The number of unbranched alkanes of at least 4 members (excludes halogenated alkanes) is 9. The summed E-state index contributed by atoms with van der Waals surface area (Å²) in [5, 5.41) is 0. The van der Waals surface area contributed by atoms with Crippen molar-refractivity contribution in [2.24, 2.45) is 0 Å². The third-order valence-electron chi connectivity index (χ3n) is 5.01. The average Bonchev–Trinajstić information content (AvgIpc) is 3.02. The van der Waals surface area contributed by atoms with Crippen LogP contribution in [0.4, 0.5) is 0 Å². The summed E-state index contributed by atoms with van der Waals surface area (Å²) in [6, 6.07) is 0.849. The zero-order chi connectivity index (χ0) is 15.2. The van der Waals surface area contributed by atoms with Crippen LogP contribution in [-0.4, -0.2) is 29.9 Å². The van der Waals surface area contributed by atoms with Gasteiger partial charge >= 0.3 is 0 Å². The zero-order valence-corrected chi connectivity index (χ0v) is 15.2. The Kier molecular flexibility index (Phi) is 12.8. The first-order valence-electron chi connectivity index (χ1n) is 9.68. The molecule has 0 N–H and O–H groups in total. The van der Waals surface area contributed by atoms with Crippen LogP contribution in [0, 0.1) is 0 Å². The molecule has 1 nitrogen and oxygen atoms in total. The predicted molar refractivity (Wildman–Crippen MR) is 96.4 cm³/mol. The molecule has 2 heteroatoms. The van der Waals surface area contributed by atoms with E-state index in [0.29, 0.717) is 0 Å². The molecule has 0 saturated heterocycles. The highest BCUT2D eigenvalue weighted by molar-refractivity contribution is 6.18. The van der Waals surface area contributed by atoms with Crippen LogP contribution >= 0.6 is 11.6 Å². The number of hydrogen-bond donors (Lipinski definition) is 0. The van der Waals surface area contributed by atoms with E-state index in [0.717, 1.165) is 18.5 Å². The van der Waals surface area contributed by atoms with Crippen molar-refractivity contribution in [3.8, 4) is 0 Å².